The molecule has 100 valence electrons. The maximum atomic E-state index is 5.48. The molecule has 1 fully saturated rings. The first-order chi connectivity index (χ1) is 9.43. The first-order valence-corrected chi connectivity index (χ1v) is 6.82. The second kappa shape index (κ2) is 5.99. The molecular weight excluding hydrogens is 238 g/mol. The van der Waals surface area contributed by atoms with Gasteiger partial charge < -0.3 is 10.1 Å². The molecule has 1 aliphatic rings. The van der Waals surface area contributed by atoms with Gasteiger partial charge in [0.2, 0.25) is 0 Å². The number of H-pyrrole nitrogens is 1. The summed E-state index contributed by atoms with van der Waals surface area (Å²) >= 11 is 0. The Kier molecular flexibility index (Phi) is 3.91. The number of rotatable bonds is 4. The van der Waals surface area contributed by atoms with Crippen molar-refractivity contribution in [3.63, 3.8) is 0 Å². The zero-order valence-corrected chi connectivity index (χ0v) is 10.9. The highest BCUT2D eigenvalue weighted by atomic mass is 16.5. The number of nitrogens with one attached hydrogen (secondary N) is 2. The van der Waals surface area contributed by atoms with E-state index in [0.717, 1.165) is 31.9 Å². The number of aromatic nitrogens is 2. The van der Waals surface area contributed by atoms with E-state index < -0.39 is 0 Å². The Bertz CT molecular complexity index is 503. The van der Waals surface area contributed by atoms with E-state index in [2.05, 4.69) is 27.6 Å². The Morgan fingerprint density at radius 3 is 3.00 bits per heavy atom. The fraction of sp³-hybridized carbons (Fsp3) is 0.400. The fourth-order valence-electron chi connectivity index (χ4n) is 2.46. The second-order valence-corrected chi connectivity index (χ2v) is 4.93. The van der Waals surface area contributed by atoms with Crippen molar-refractivity contribution in [1.82, 2.24) is 15.5 Å². The highest BCUT2D eigenvalue weighted by molar-refractivity contribution is 5.62. The number of aromatic amines is 1. The molecule has 1 aromatic carbocycles. The minimum absolute atomic E-state index is 0.465. The molecule has 0 spiro atoms. The molecule has 0 radical (unpaired) electrons. The Balaban J connectivity index is 1.67. The normalized spacial score (nSPS) is 19.5. The van der Waals surface area contributed by atoms with Gasteiger partial charge in [0.15, 0.2) is 0 Å². The van der Waals surface area contributed by atoms with E-state index in [9.17, 15) is 0 Å². The zero-order chi connectivity index (χ0) is 12.9. The van der Waals surface area contributed by atoms with E-state index in [1.165, 1.54) is 17.5 Å². The summed E-state index contributed by atoms with van der Waals surface area (Å²) in [7, 11) is 0. The fourth-order valence-corrected chi connectivity index (χ4v) is 2.46. The van der Waals surface area contributed by atoms with E-state index in [1.807, 2.05) is 24.4 Å². The van der Waals surface area contributed by atoms with Gasteiger partial charge in [0.1, 0.15) is 0 Å². The quantitative estimate of drug-likeness (QED) is 0.884. The van der Waals surface area contributed by atoms with E-state index in [-0.39, 0.29) is 0 Å². The zero-order valence-electron chi connectivity index (χ0n) is 10.9. The highest BCUT2D eigenvalue weighted by Gasteiger charge is 2.14. The summed E-state index contributed by atoms with van der Waals surface area (Å²) in [4.78, 5) is 0. The number of nitrogens with zero attached hydrogens (tertiary/aromatic N) is 1. The van der Waals surface area contributed by atoms with E-state index in [0.29, 0.717) is 6.04 Å². The summed E-state index contributed by atoms with van der Waals surface area (Å²) in [6.07, 6.45) is 4.24. The molecule has 2 N–H and O–H groups in total. The van der Waals surface area contributed by atoms with Crippen LogP contribution in [0, 0.1) is 0 Å². The Hall–Kier alpha value is -1.65. The van der Waals surface area contributed by atoms with E-state index in [1.54, 1.807) is 0 Å². The Morgan fingerprint density at radius 1 is 1.32 bits per heavy atom. The molecule has 1 aromatic heterocycles. The average molecular weight is 257 g/mol. The molecule has 0 aliphatic carbocycles. The lowest BCUT2D eigenvalue weighted by Gasteiger charge is -2.23. The van der Waals surface area contributed by atoms with Crippen molar-refractivity contribution in [3.8, 4) is 11.3 Å². The van der Waals surface area contributed by atoms with Gasteiger partial charge >= 0.3 is 0 Å². The molecule has 2 aromatic rings. The molecule has 1 aliphatic heterocycles. The molecule has 19 heavy (non-hydrogen) atoms. The number of ether oxygens (including phenoxy) is 1. The lowest BCUT2D eigenvalue weighted by atomic mass is 10.1. The van der Waals surface area contributed by atoms with Crippen LogP contribution >= 0.6 is 0 Å². The van der Waals surface area contributed by atoms with Crippen LogP contribution in [0.25, 0.3) is 11.3 Å². The van der Waals surface area contributed by atoms with Crippen LogP contribution in [-0.4, -0.2) is 29.5 Å². The maximum Gasteiger partial charge on any atom is 0.0695 e. The van der Waals surface area contributed by atoms with Crippen molar-refractivity contribution in [2.24, 2.45) is 0 Å². The Morgan fingerprint density at radius 2 is 2.21 bits per heavy atom. The maximum absolute atomic E-state index is 5.48. The van der Waals surface area contributed by atoms with Crippen LogP contribution in [0.2, 0.25) is 0 Å². The van der Waals surface area contributed by atoms with Gasteiger partial charge in [-0.3, -0.25) is 5.10 Å². The predicted molar refractivity (Wildman–Crippen MR) is 74.7 cm³/mol. The third-order valence-electron chi connectivity index (χ3n) is 3.52. The van der Waals surface area contributed by atoms with Crippen molar-refractivity contribution >= 4 is 0 Å². The molecule has 0 saturated carbocycles. The summed E-state index contributed by atoms with van der Waals surface area (Å²) in [6, 6.07) is 10.8. The molecule has 2 heterocycles. The summed E-state index contributed by atoms with van der Waals surface area (Å²) in [5, 5.41) is 10.8. The van der Waals surface area contributed by atoms with Crippen LogP contribution in [0.5, 0.6) is 0 Å². The number of benzene rings is 1. The molecule has 4 nitrogen and oxygen atoms in total. The summed E-state index contributed by atoms with van der Waals surface area (Å²) in [5.41, 5.74) is 3.48. The van der Waals surface area contributed by atoms with Crippen molar-refractivity contribution in [1.29, 1.82) is 0 Å². The average Bonchev–Trinajstić information content (AvgIpc) is 2.95. The Labute approximate surface area is 113 Å². The van der Waals surface area contributed by atoms with Gasteiger partial charge in [0.05, 0.1) is 18.5 Å². The van der Waals surface area contributed by atoms with Crippen LogP contribution in [0.4, 0.5) is 0 Å². The molecule has 0 bridgehead atoms. The highest BCUT2D eigenvalue weighted by Crippen LogP contribution is 2.20. The van der Waals surface area contributed by atoms with Crippen LogP contribution in [0.15, 0.2) is 36.5 Å². The minimum Gasteiger partial charge on any atom is -0.380 e. The minimum atomic E-state index is 0.465. The standard InChI is InChI=1S/C15H19N3O/c1-2-5-12(6-3-1)15-13(10-17-18-15)9-16-14-7-4-8-19-11-14/h1-3,5-6,10,14,16H,4,7-9,11H2,(H,17,18). The van der Waals surface area contributed by atoms with Gasteiger partial charge in [0.25, 0.3) is 0 Å². The number of hydrogen-bond acceptors (Lipinski definition) is 3. The van der Waals surface area contributed by atoms with E-state index in [4.69, 9.17) is 4.74 Å². The van der Waals surface area contributed by atoms with Crippen LogP contribution in [0.1, 0.15) is 18.4 Å². The molecule has 1 saturated heterocycles. The molecule has 3 rings (SSSR count). The van der Waals surface area contributed by atoms with Gasteiger partial charge in [0, 0.05) is 24.8 Å². The first-order valence-electron chi connectivity index (χ1n) is 6.82. The SMILES string of the molecule is c1ccc(-c2[nH]ncc2CNC2CCCOC2)cc1. The van der Waals surface area contributed by atoms with Gasteiger partial charge in [-0.05, 0) is 18.4 Å². The largest absolute Gasteiger partial charge is 0.380 e. The first kappa shape index (κ1) is 12.4. The summed E-state index contributed by atoms with van der Waals surface area (Å²) in [5.74, 6) is 0. The van der Waals surface area contributed by atoms with Gasteiger partial charge in [-0.2, -0.15) is 5.10 Å². The molecule has 1 atom stereocenters. The third kappa shape index (κ3) is 3.03. The second-order valence-electron chi connectivity index (χ2n) is 4.93. The lowest BCUT2D eigenvalue weighted by molar-refractivity contribution is 0.0699. The molecule has 4 heteroatoms. The summed E-state index contributed by atoms with van der Waals surface area (Å²) in [6.45, 7) is 2.55. The van der Waals surface area contributed by atoms with Crippen molar-refractivity contribution in [2.75, 3.05) is 13.2 Å². The van der Waals surface area contributed by atoms with Crippen LogP contribution in [-0.2, 0) is 11.3 Å². The topological polar surface area (TPSA) is 49.9 Å². The van der Waals surface area contributed by atoms with Crippen molar-refractivity contribution < 1.29 is 4.74 Å². The predicted octanol–water partition coefficient (Wildman–Crippen LogP) is 2.35. The van der Waals surface area contributed by atoms with Crippen molar-refractivity contribution in [3.05, 3.63) is 42.1 Å². The molecular formula is C15H19N3O. The van der Waals surface area contributed by atoms with Crippen molar-refractivity contribution in [2.45, 2.75) is 25.4 Å². The van der Waals surface area contributed by atoms with Gasteiger partial charge in [-0.25, -0.2) is 0 Å². The smallest absolute Gasteiger partial charge is 0.0695 e. The molecule has 1 unspecified atom stereocenters. The van der Waals surface area contributed by atoms with Crippen LogP contribution in [0.3, 0.4) is 0 Å². The van der Waals surface area contributed by atoms with Gasteiger partial charge in [-0.1, -0.05) is 30.3 Å². The van der Waals surface area contributed by atoms with Gasteiger partial charge in [-0.15, -0.1) is 0 Å². The monoisotopic (exact) mass is 257 g/mol. The summed E-state index contributed by atoms with van der Waals surface area (Å²) < 4.78 is 5.48. The number of hydrogen-bond donors (Lipinski definition) is 2. The van der Waals surface area contributed by atoms with E-state index >= 15 is 0 Å². The molecule has 0 amide bonds. The van der Waals surface area contributed by atoms with Crippen LogP contribution < -0.4 is 5.32 Å². The third-order valence-corrected chi connectivity index (χ3v) is 3.52. The lowest BCUT2D eigenvalue weighted by Crippen LogP contribution is -2.36.